The van der Waals surface area contributed by atoms with E-state index in [-0.39, 0.29) is 23.4 Å². The fourth-order valence-corrected chi connectivity index (χ4v) is 5.60. The Bertz CT molecular complexity index is 902. The summed E-state index contributed by atoms with van der Waals surface area (Å²) in [6, 6.07) is 0. The molecule has 0 saturated carbocycles. The molecule has 1 aliphatic rings. The molecule has 28 heavy (non-hydrogen) atoms. The summed E-state index contributed by atoms with van der Waals surface area (Å²) in [6.07, 6.45) is 5.04. The van der Waals surface area contributed by atoms with Crippen LogP contribution in [0.3, 0.4) is 0 Å². The third kappa shape index (κ3) is 4.96. The van der Waals surface area contributed by atoms with Gasteiger partial charge in [0.1, 0.15) is 4.83 Å². The van der Waals surface area contributed by atoms with Gasteiger partial charge in [-0.2, -0.15) is 0 Å². The highest BCUT2D eigenvalue weighted by Gasteiger charge is 2.22. The molecular formula is C20H29N3O3S2. The number of hydrogen-bond donors (Lipinski definition) is 0. The number of hydrogen-bond acceptors (Lipinski definition) is 7. The molecule has 0 aromatic carbocycles. The number of aryl methyl sites for hydroxylation is 2. The van der Waals surface area contributed by atoms with Gasteiger partial charge in [0.2, 0.25) is 0 Å². The Balaban J connectivity index is 1.94. The second kappa shape index (κ2) is 9.41. The van der Waals surface area contributed by atoms with Crippen LogP contribution >= 0.6 is 23.1 Å². The Hall–Kier alpha value is -1.38. The Morgan fingerprint density at radius 1 is 1.32 bits per heavy atom. The maximum atomic E-state index is 13.4. The highest BCUT2D eigenvalue weighted by Crippen LogP contribution is 2.34. The largest absolute Gasteiger partial charge is 0.462 e. The van der Waals surface area contributed by atoms with Crippen LogP contribution in [0.1, 0.15) is 43.6 Å². The fraction of sp³-hybridized carbons (Fsp3) is 0.650. The maximum Gasteiger partial charge on any atom is 0.316 e. The van der Waals surface area contributed by atoms with Crippen LogP contribution < -0.4 is 5.56 Å². The van der Waals surface area contributed by atoms with Gasteiger partial charge in [-0.15, -0.1) is 11.3 Å². The molecule has 0 atom stereocenters. The molecule has 0 spiro atoms. The van der Waals surface area contributed by atoms with E-state index >= 15 is 0 Å². The van der Waals surface area contributed by atoms with Gasteiger partial charge in [0, 0.05) is 11.4 Å². The number of thioether (sulfide) groups is 1. The van der Waals surface area contributed by atoms with Gasteiger partial charge in [0.25, 0.3) is 5.56 Å². The van der Waals surface area contributed by atoms with Crippen LogP contribution in [-0.2, 0) is 28.9 Å². The van der Waals surface area contributed by atoms with Crippen LogP contribution in [0.2, 0.25) is 0 Å². The molecule has 0 aliphatic heterocycles. The molecule has 0 amide bonds. The van der Waals surface area contributed by atoms with E-state index in [1.807, 2.05) is 27.9 Å². The van der Waals surface area contributed by atoms with Crippen molar-refractivity contribution in [2.75, 3.05) is 26.4 Å². The van der Waals surface area contributed by atoms with Crippen molar-refractivity contribution >= 4 is 39.3 Å². The first-order chi connectivity index (χ1) is 13.4. The van der Waals surface area contributed by atoms with Crippen molar-refractivity contribution in [2.24, 2.45) is 0 Å². The van der Waals surface area contributed by atoms with Crippen LogP contribution in [0.25, 0.3) is 10.2 Å². The molecule has 8 heteroatoms. The first kappa shape index (κ1) is 21.3. The van der Waals surface area contributed by atoms with E-state index in [9.17, 15) is 9.59 Å². The maximum absolute atomic E-state index is 13.4. The minimum absolute atomic E-state index is 0.0443. The minimum Gasteiger partial charge on any atom is -0.462 e. The number of nitrogens with zero attached hydrogens (tertiary/aromatic N) is 3. The van der Waals surface area contributed by atoms with E-state index in [1.165, 1.54) is 28.6 Å². The van der Waals surface area contributed by atoms with Gasteiger partial charge in [-0.3, -0.25) is 14.2 Å². The lowest BCUT2D eigenvalue weighted by molar-refractivity contribution is -0.144. The summed E-state index contributed by atoms with van der Waals surface area (Å²) in [5.41, 5.74) is 1.25. The molecule has 0 saturated heterocycles. The highest BCUT2D eigenvalue weighted by molar-refractivity contribution is 7.99. The van der Waals surface area contributed by atoms with Crippen molar-refractivity contribution < 1.29 is 9.53 Å². The molecule has 2 aromatic heterocycles. The first-order valence-corrected chi connectivity index (χ1v) is 11.7. The van der Waals surface area contributed by atoms with Gasteiger partial charge >= 0.3 is 5.97 Å². The van der Waals surface area contributed by atoms with Crippen LogP contribution in [-0.4, -0.2) is 52.9 Å². The van der Waals surface area contributed by atoms with Crippen molar-refractivity contribution in [3.05, 3.63) is 20.8 Å². The van der Waals surface area contributed by atoms with Gasteiger partial charge in [-0.25, -0.2) is 4.98 Å². The van der Waals surface area contributed by atoms with Gasteiger partial charge in [-0.05, 0) is 72.2 Å². The molecule has 3 rings (SSSR count). The molecule has 0 bridgehead atoms. The summed E-state index contributed by atoms with van der Waals surface area (Å²) in [5, 5.41) is 1.43. The summed E-state index contributed by atoms with van der Waals surface area (Å²) in [6.45, 7) is 5.16. The molecule has 0 N–H and O–H groups in total. The predicted octanol–water partition coefficient (Wildman–Crippen LogP) is 3.33. The number of esters is 1. The van der Waals surface area contributed by atoms with Crippen LogP contribution in [0.4, 0.5) is 0 Å². The van der Waals surface area contributed by atoms with E-state index in [1.54, 1.807) is 15.9 Å². The first-order valence-electron chi connectivity index (χ1n) is 9.89. The van der Waals surface area contributed by atoms with Gasteiger partial charge in [0.15, 0.2) is 5.16 Å². The summed E-state index contributed by atoms with van der Waals surface area (Å²) in [4.78, 5) is 34.4. The van der Waals surface area contributed by atoms with E-state index < -0.39 is 0 Å². The van der Waals surface area contributed by atoms with Gasteiger partial charge < -0.3 is 9.64 Å². The highest BCUT2D eigenvalue weighted by atomic mass is 32.2. The average molecular weight is 424 g/mol. The number of ether oxygens (including phenoxy) is 1. The van der Waals surface area contributed by atoms with Crippen molar-refractivity contribution in [3.63, 3.8) is 0 Å². The molecule has 0 radical (unpaired) electrons. The minimum atomic E-state index is -0.278. The monoisotopic (exact) mass is 423 g/mol. The molecule has 2 aromatic rings. The van der Waals surface area contributed by atoms with Crippen molar-refractivity contribution in [1.29, 1.82) is 0 Å². The lowest BCUT2D eigenvalue weighted by Crippen LogP contribution is -2.26. The topological polar surface area (TPSA) is 64.4 Å². The zero-order valence-electron chi connectivity index (χ0n) is 17.1. The Morgan fingerprint density at radius 2 is 2.07 bits per heavy atom. The fourth-order valence-electron chi connectivity index (χ4n) is 3.49. The number of rotatable bonds is 8. The summed E-state index contributed by atoms with van der Waals surface area (Å²) >= 11 is 2.95. The zero-order chi connectivity index (χ0) is 20.3. The summed E-state index contributed by atoms with van der Waals surface area (Å²) in [5.74, 6) is -0.116. The number of carbonyl (C=O) groups is 1. The van der Waals surface area contributed by atoms with Crippen molar-refractivity contribution in [3.8, 4) is 0 Å². The Morgan fingerprint density at radius 3 is 2.79 bits per heavy atom. The van der Waals surface area contributed by atoms with Crippen molar-refractivity contribution in [2.45, 2.75) is 63.8 Å². The third-order valence-electron chi connectivity index (χ3n) is 4.71. The Labute approximate surface area is 174 Å². The van der Waals surface area contributed by atoms with Gasteiger partial charge in [-0.1, -0.05) is 11.8 Å². The van der Waals surface area contributed by atoms with E-state index in [0.717, 1.165) is 42.4 Å². The lowest BCUT2D eigenvalue weighted by Gasteiger charge is -2.15. The van der Waals surface area contributed by atoms with Crippen LogP contribution in [0.15, 0.2) is 9.95 Å². The average Bonchev–Trinajstić information content (AvgIpc) is 2.99. The molecule has 6 nitrogen and oxygen atoms in total. The predicted molar refractivity (Wildman–Crippen MR) is 116 cm³/mol. The molecule has 2 heterocycles. The quantitative estimate of drug-likeness (QED) is 0.369. The Kier molecular flexibility index (Phi) is 7.17. The summed E-state index contributed by atoms with van der Waals surface area (Å²) < 4.78 is 6.99. The second-order valence-corrected chi connectivity index (χ2v) is 9.75. The number of carbonyl (C=O) groups excluding carboxylic acids is 1. The molecule has 1 aliphatic carbocycles. The van der Waals surface area contributed by atoms with Crippen LogP contribution in [0.5, 0.6) is 0 Å². The molecule has 0 fully saturated rings. The smallest absolute Gasteiger partial charge is 0.316 e. The molecular weight excluding hydrogens is 394 g/mol. The van der Waals surface area contributed by atoms with E-state index in [0.29, 0.717) is 11.7 Å². The second-order valence-electron chi connectivity index (χ2n) is 7.73. The number of thiophene rings is 1. The van der Waals surface area contributed by atoms with Crippen molar-refractivity contribution in [1.82, 2.24) is 14.5 Å². The van der Waals surface area contributed by atoms with Crippen LogP contribution in [0, 0.1) is 0 Å². The third-order valence-corrected chi connectivity index (χ3v) is 6.85. The lowest BCUT2D eigenvalue weighted by atomic mass is 9.97. The normalized spacial score (nSPS) is 14.1. The molecule has 154 valence electrons. The van der Waals surface area contributed by atoms with E-state index in [4.69, 9.17) is 9.72 Å². The zero-order valence-corrected chi connectivity index (χ0v) is 18.8. The summed E-state index contributed by atoms with van der Waals surface area (Å²) in [7, 11) is 4.05. The van der Waals surface area contributed by atoms with E-state index in [2.05, 4.69) is 4.90 Å². The van der Waals surface area contributed by atoms with Gasteiger partial charge in [0.05, 0.1) is 17.2 Å². The SMILES string of the molecule is CC(C)OC(=O)CSc1nc2sc3c(c2c(=O)n1CCCN(C)C)CCCC3. The number of aromatic nitrogens is 2. The molecule has 0 unspecified atom stereocenters. The standard InChI is InChI=1S/C20H29N3O3S2/c1-13(2)26-16(24)12-27-20-21-18-17(14-8-5-6-9-15(14)28-18)19(25)23(20)11-7-10-22(3)4/h13H,5-12H2,1-4H3. The number of fused-ring (bicyclic) bond motifs is 3.